The van der Waals surface area contributed by atoms with Crippen molar-refractivity contribution in [2.24, 2.45) is 0 Å². The van der Waals surface area contributed by atoms with E-state index in [4.69, 9.17) is 10.2 Å². The summed E-state index contributed by atoms with van der Waals surface area (Å²) < 4.78 is 2.07. The second-order valence-corrected chi connectivity index (χ2v) is 9.45. The first kappa shape index (κ1) is 22.8. The Morgan fingerprint density at radius 3 is 2.62 bits per heavy atom. The Kier molecular flexibility index (Phi) is 5.60. The number of amides is 1. The molecular weight excluding hydrogens is 468 g/mol. The SMILES string of the molecule is Cc1nn(Cc2ccc(N3CCN(C(=O)O)CC3)nc2)c2c1CN(c1ccc(C#N)c3ncccc13)C2. The van der Waals surface area contributed by atoms with Crippen molar-refractivity contribution in [3.05, 3.63) is 76.9 Å². The van der Waals surface area contributed by atoms with Gasteiger partial charge in [-0.2, -0.15) is 10.4 Å². The molecule has 0 radical (unpaired) electrons. The van der Waals surface area contributed by atoms with Crippen LogP contribution in [-0.4, -0.2) is 62.0 Å². The predicted molar refractivity (Wildman–Crippen MR) is 138 cm³/mol. The largest absolute Gasteiger partial charge is 0.465 e. The van der Waals surface area contributed by atoms with Crippen molar-refractivity contribution < 1.29 is 9.90 Å². The van der Waals surface area contributed by atoms with Gasteiger partial charge in [0.25, 0.3) is 0 Å². The van der Waals surface area contributed by atoms with E-state index in [1.807, 2.05) is 36.5 Å². The molecule has 1 aromatic carbocycles. The van der Waals surface area contributed by atoms with Gasteiger partial charge in [-0.1, -0.05) is 6.07 Å². The molecule has 10 heteroatoms. The molecular formula is C27H26N8O2. The van der Waals surface area contributed by atoms with Gasteiger partial charge >= 0.3 is 6.09 Å². The molecule has 1 amide bonds. The molecule has 1 N–H and O–H groups in total. The van der Waals surface area contributed by atoms with Crippen LogP contribution in [-0.2, 0) is 19.6 Å². The molecule has 3 aromatic heterocycles. The van der Waals surface area contributed by atoms with Crippen LogP contribution in [0, 0.1) is 18.3 Å². The van der Waals surface area contributed by atoms with Crippen LogP contribution in [0.4, 0.5) is 16.3 Å². The van der Waals surface area contributed by atoms with Crippen LogP contribution in [0.3, 0.4) is 0 Å². The number of benzene rings is 1. The molecule has 4 aromatic rings. The van der Waals surface area contributed by atoms with Crippen molar-refractivity contribution in [2.75, 3.05) is 36.0 Å². The number of pyridine rings is 2. The highest BCUT2D eigenvalue weighted by Crippen LogP contribution is 2.35. The van der Waals surface area contributed by atoms with Gasteiger partial charge in [0.2, 0.25) is 0 Å². The number of fused-ring (bicyclic) bond motifs is 2. The summed E-state index contributed by atoms with van der Waals surface area (Å²) in [7, 11) is 0. The van der Waals surface area contributed by atoms with Crippen LogP contribution in [0.2, 0.25) is 0 Å². The van der Waals surface area contributed by atoms with E-state index in [9.17, 15) is 10.1 Å². The number of carbonyl (C=O) groups is 1. The Labute approximate surface area is 214 Å². The number of hydrogen-bond acceptors (Lipinski definition) is 7. The first-order valence-electron chi connectivity index (χ1n) is 12.3. The van der Waals surface area contributed by atoms with Crippen molar-refractivity contribution in [3.63, 3.8) is 0 Å². The van der Waals surface area contributed by atoms with E-state index in [1.54, 1.807) is 6.20 Å². The van der Waals surface area contributed by atoms with Crippen LogP contribution in [0.5, 0.6) is 0 Å². The van der Waals surface area contributed by atoms with Crippen molar-refractivity contribution in [1.29, 1.82) is 5.26 Å². The summed E-state index contributed by atoms with van der Waals surface area (Å²) >= 11 is 0. The Hall–Kier alpha value is -4.65. The number of hydrogen-bond donors (Lipinski definition) is 1. The minimum absolute atomic E-state index is 0.485. The number of piperazine rings is 1. The predicted octanol–water partition coefficient (Wildman–Crippen LogP) is 3.37. The lowest BCUT2D eigenvalue weighted by Crippen LogP contribution is -2.48. The van der Waals surface area contributed by atoms with Crippen LogP contribution in [0.15, 0.2) is 48.8 Å². The summed E-state index contributed by atoms with van der Waals surface area (Å²) in [5.74, 6) is 0.864. The van der Waals surface area contributed by atoms with E-state index in [-0.39, 0.29) is 0 Å². The topological polar surface area (TPSA) is 114 Å². The second-order valence-electron chi connectivity index (χ2n) is 9.45. The molecule has 5 heterocycles. The quantitative estimate of drug-likeness (QED) is 0.459. The van der Waals surface area contributed by atoms with Crippen molar-refractivity contribution in [2.45, 2.75) is 26.6 Å². The third-order valence-corrected chi connectivity index (χ3v) is 7.28. The average molecular weight is 495 g/mol. The van der Waals surface area contributed by atoms with Gasteiger partial charge in [-0.05, 0) is 42.8 Å². The van der Waals surface area contributed by atoms with Crippen molar-refractivity contribution >= 4 is 28.5 Å². The molecule has 1 fully saturated rings. The second kappa shape index (κ2) is 9.09. The van der Waals surface area contributed by atoms with Crippen molar-refractivity contribution in [3.8, 4) is 6.07 Å². The summed E-state index contributed by atoms with van der Waals surface area (Å²) in [4.78, 5) is 26.1. The van der Waals surface area contributed by atoms with E-state index < -0.39 is 6.09 Å². The Balaban J connectivity index is 1.20. The average Bonchev–Trinajstić information content (AvgIpc) is 3.49. The Bertz CT molecular complexity index is 1530. The highest BCUT2D eigenvalue weighted by molar-refractivity contribution is 5.95. The van der Waals surface area contributed by atoms with Gasteiger partial charge < -0.3 is 19.8 Å². The molecule has 10 nitrogen and oxygen atoms in total. The first-order valence-corrected chi connectivity index (χ1v) is 12.3. The number of rotatable bonds is 4. The summed E-state index contributed by atoms with van der Waals surface area (Å²) in [6, 6.07) is 14.1. The fourth-order valence-corrected chi connectivity index (χ4v) is 5.30. The number of nitriles is 1. The molecule has 186 valence electrons. The van der Waals surface area contributed by atoms with E-state index in [1.165, 1.54) is 16.2 Å². The van der Waals surface area contributed by atoms with Crippen LogP contribution >= 0.6 is 0 Å². The molecule has 0 aliphatic carbocycles. The first-order chi connectivity index (χ1) is 18.0. The normalized spacial score (nSPS) is 15.2. The molecule has 6 rings (SSSR count). The number of aromatic nitrogens is 4. The van der Waals surface area contributed by atoms with E-state index in [0.29, 0.717) is 38.3 Å². The molecule has 37 heavy (non-hydrogen) atoms. The van der Waals surface area contributed by atoms with Crippen LogP contribution < -0.4 is 9.80 Å². The summed E-state index contributed by atoms with van der Waals surface area (Å²) in [6.45, 7) is 6.41. The third kappa shape index (κ3) is 4.08. The van der Waals surface area contributed by atoms with E-state index in [0.717, 1.165) is 46.8 Å². The maximum Gasteiger partial charge on any atom is 0.407 e. The van der Waals surface area contributed by atoms with Gasteiger partial charge in [-0.3, -0.25) is 9.67 Å². The molecule has 1 saturated heterocycles. The van der Waals surface area contributed by atoms with Crippen molar-refractivity contribution in [1.82, 2.24) is 24.6 Å². The maximum atomic E-state index is 11.1. The van der Waals surface area contributed by atoms with Gasteiger partial charge in [-0.25, -0.2) is 9.78 Å². The zero-order chi connectivity index (χ0) is 25.5. The zero-order valence-corrected chi connectivity index (χ0v) is 20.5. The fourth-order valence-electron chi connectivity index (χ4n) is 5.30. The maximum absolute atomic E-state index is 11.1. The minimum Gasteiger partial charge on any atom is -0.465 e. The van der Waals surface area contributed by atoms with Gasteiger partial charge in [-0.15, -0.1) is 0 Å². The Morgan fingerprint density at radius 1 is 1.05 bits per heavy atom. The van der Waals surface area contributed by atoms with Gasteiger partial charge in [0.05, 0.1) is 35.6 Å². The highest BCUT2D eigenvalue weighted by atomic mass is 16.4. The molecule has 0 unspecified atom stereocenters. The number of aryl methyl sites for hydroxylation is 1. The number of anilines is 2. The lowest BCUT2D eigenvalue weighted by atomic mass is 10.1. The molecule has 2 aliphatic heterocycles. The number of nitrogens with zero attached hydrogens (tertiary/aromatic N) is 8. The Morgan fingerprint density at radius 2 is 1.89 bits per heavy atom. The zero-order valence-electron chi connectivity index (χ0n) is 20.5. The standard InChI is InChI=1S/C27H26N8O2/c1-18-22-16-34(23-6-5-20(13-28)26-21(23)3-2-8-29-26)17-24(22)35(31-18)15-19-4-7-25(30-14-19)32-9-11-33(12-10-32)27(36)37/h2-8,14H,9-12,15-17H2,1H3,(H,36,37). The lowest BCUT2D eigenvalue weighted by molar-refractivity contribution is 0.142. The monoisotopic (exact) mass is 494 g/mol. The van der Waals surface area contributed by atoms with Gasteiger partial charge in [0, 0.05) is 61.8 Å². The minimum atomic E-state index is -0.868. The third-order valence-electron chi connectivity index (χ3n) is 7.28. The fraction of sp³-hybridized carbons (Fsp3) is 0.296. The molecule has 0 spiro atoms. The smallest absolute Gasteiger partial charge is 0.407 e. The number of carboxylic acid groups (broad SMARTS) is 1. The summed E-state index contributed by atoms with van der Waals surface area (Å²) in [5, 5.41) is 24.4. The van der Waals surface area contributed by atoms with Gasteiger partial charge in [0.1, 0.15) is 11.9 Å². The van der Waals surface area contributed by atoms with Gasteiger partial charge in [0.15, 0.2) is 0 Å². The van der Waals surface area contributed by atoms with Crippen LogP contribution in [0.25, 0.3) is 10.9 Å². The molecule has 2 aliphatic rings. The molecule has 0 saturated carbocycles. The lowest BCUT2D eigenvalue weighted by Gasteiger charge is -2.33. The van der Waals surface area contributed by atoms with E-state index >= 15 is 0 Å². The van der Waals surface area contributed by atoms with Crippen LogP contribution in [0.1, 0.15) is 28.1 Å². The summed E-state index contributed by atoms with van der Waals surface area (Å²) in [5.41, 5.74) is 6.89. The molecule has 0 atom stereocenters. The molecule has 0 bridgehead atoms. The van der Waals surface area contributed by atoms with E-state index in [2.05, 4.69) is 43.5 Å². The summed E-state index contributed by atoms with van der Waals surface area (Å²) in [6.07, 6.45) is 2.74. The highest BCUT2D eigenvalue weighted by Gasteiger charge is 2.28.